The van der Waals surface area contributed by atoms with Crippen molar-refractivity contribution in [2.45, 2.75) is 19.9 Å². The molecular formula is C13H18N2O2. The first-order valence-electron chi connectivity index (χ1n) is 5.71. The van der Waals surface area contributed by atoms with Gasteiger partial charge in [0.1, 0.15) is 0 Å². The van der Waals surface area contributed by atoms with Crippen LogP contribution in [-0.4, -0.2) is 24.1 Å². The monoisotopic (exact) mass is 234 g/mol. The van der Waals surface area contributed by atoms with Crippen molar-refractivity contribution in [1.29, 1.82) is 0 Å². The van der Waals surface area contributed by atoms with Crippen LogP contribution in [0.25, 0.3) is 0 Å². The Labute approximate surface area is 102 Å². The topological polar surface area (TPSA) is 51.2 Å². The van der Waals surface area contributed by atoms with Crippen molar-refractivity contribution in [3.63, 3.8) is 0 Å². The predicted octanol–water partition coefficient (Wildman–Crippen LogP) is 1.85. The zero-order chi connectivity index (χ0) is 12.5. The first-order valence-corrected chi connectivity index (χ1v) is 5.71. The number of hydrogen-bond donors (Lipinski definition) is 1. The van der Waals surface area contributed by atoms with Crippen LogP contribution in [0.15, 0.2) is 36.5 Å². The maximum absolute atomic E-state index is 11.0. The van der Waals surface area contributed by atoms with E-state index in [2.05, 4.69) is 10.3 Å². The van der Waals surface area contributed by atoms with Gasteiger partial charge in [-0.1, -0.05) is 12.1 Å². The molecule has 0 radical (unpaired) electrons. The lowest BCUT2D eigenvalue weighted by molar-refractivity contribution is -0.137. The normalized spacial score (nSPS) is 12.6. The van der Waals surface area contributed by atoms with Gasteiger partial charge >= 0.3 is 5.97 Å². The molecule has 1 heterocycles. The average Bonchev–Trinajstić information content (AvgIpc) is 2.36. The summed E-state index contributed by atoms with van der Waals surface area (Å²) < 4.78 is 4.77. The average molecular weight is 234 g/mol. The largest absolute Gasteiger partial charge is 0.463 e. The third-order valence-electron chi connectivity index (χ3n) is 2.21. The molecule has 0 fully saturated rings. The molecule has 1 aromatic heterocycles. The first-order chi connectivity index (χ1) is 8.24. The Morgan fingerprint density at radius 1 is 1.59 bits per heavy atom. The van der Waals surface area contributed by atoms with E-state index in [4.69, 9.17) is 4.74 Å². The third kappa shape index (κ3) is 5.26. The number of carbonyl (C=O) groups excluding carboxylic acids is 1. The molecule has 1 aromatic rings. The van der Waals surface area contributed by atoms with Crippen molar-refractivity contribution in [2.75, 3.05) is 13.2 Å². The molecule has 1 rings (SSSR count). The van der Waals surface area contributed by atoms with Gasteiger partial charge < -0.3 is 10.1 Å². The summed E-state index contributed by atoms with van der Waals surface area (Å²) in [4.78, 5) is 15.3. The lowest BCUT2D eigenvalue weighted by atomic mass is 10.2. The fraction of sp³-hybridized carbons (Fsp3) is 0.385. The lowest BCUT2D eigenvalue weighted by Crippen LogP contribution is -2.19. The van der Waals surface area contributed by atoms with Crippen LogP contribution in [0.2, 0.25) is 0 Å². The summed E-state index contributed by atoms with van der Waals surface area (Å²) >= 11 is 0. The van der Waals surface area contributed by atoms with Crippen molar-refractivity contribution in [3.8, 4) is 0 Å². The number of nitrogens with zero attached hydrogens (tertiary/aromatic N) is 1. The fourth-order valence-corrected chi connectivity index (χ4v) is 1.33. The summed E-state index contributed by atoms with van der Waals surface area (Å²) in [6.07, 6.45) is 4.95. The molecule has 0 amide bonds. The van der Waals surface area contributed by atoms with Gasteiger partial charge in [-0.05, 0) is 26.0 Å². The summed E-state index contributed by atoms with van der Waals surface area (Å²) in [5.41, 5.74) is 0.983. The van der Waals surface area contributed by atoms with Gasteiger partial charge in [-0.15, -0.1) is 0 Å². The molecule has 4 nitrogen and oxygen atoms in total. The number of carbonyl (C=O) groups is 1. The minimum atomic E-state index is -0.306. The van der Waals surface area contributed by atoms with E-state index in [1.165, 1.54) is 6.08 Å². The van der Waals surface area contributed by atoms with E-state index in [1.54, 1.807) is 19.2 Å². The molecule has 17 heavy (non-hydrogen) atoms. The van der Waals surface area contributed by atoms with E-state index < -0.39 is 0 Å². The number of nitrogens with one attached hydrogen (secondary N) is 1. The Kier molecular flexibility index (Phi) is 5.96. The maximum Gasteiger partial charge on any atom is 0.330 e. The highest BCUT2D eigenvalue weighted by Gasteiger charge is 2.03. The molecule has 92 valence electrons. The van der Waals surface area contributed by atoms with E-state index in [-0.39, 0.29) is 12.0 Å². The standard InChI is InChI=1S/C13H18N2O2/c1-3-17-13(16)8-6-10-14-11(2)12-7-4-5-9-15-12/h4-9,11,14H,3,10H2,1-2H3/b8-6+/t11-/m0/s1. The van der Waals surface area contributed by atoms with Gasteiger partial charge in [0.2, 0.25) is 0 Å². The Balaban J connectivity index is 2.29. The molecule has 0 spiro atoms. The van der Waals surface area contributed by atoms with Gasteiger partial charge in [0.05, 0.1) is 12.3 Å². The molecule has 0 aliphatic carbocycles. The highest BCUT2D eigenvalue weighted by Crippen LogP contribution is 2.06. The number of ether oxygens (including phenoxy) is 1. The van der Waals surface area contributed by atoms with E-state index in [0.29, 0.717) is 13.2 Å². The summed E-state index contributed by atoms with van der Waals surface area (Å²) in [6, 6.07) is 5.96. The minimum absolute atomic E-state index is 0.156. The summed E-state index contributed by atoms with van der Waals surface area (Å²) in [6.45, 7) is 4.82. The zero-order valence-corrected chi connectivity index (χ0v) is 10.2. The molecular weight excluding hydrogens is 216 g/mol. The fourth-order valence-electron chi connectivity index (χ4n) is 1.33. The highest BCUT2D eigenvalue weighted by molar-refractivity contribution is 5.81. The van der Waals surface area contributed by atoms with Crippen molar-refractivity contribution in [1.82, 2.24) is 10.3 Å². The number of hydrogen-bond acceptors (Lipinski definition) is 4. The maximum atomic E-state index is 11.0. The second-order valence-electron chi connectivity index (χ2n) is 3.54. The molecule has 0 saturated heterocycles. The van der Waals surface area contributed by atoms with Gasteiger partial charge in [-0.25, -0.2) is 4.79 Å². The Hall–Kier alpha value is -1.68. The van der Waals surface area contributed by atoms with Crippen molar-refractivity contribution in [3.05, 3.63) is 42.2 Å². The number of esters is 1. The molecule has 0 bridgehead atoms. The number of pyridine rings is 1. The molecule has 0 saturated carbocycles. The van der Waals surface area contributed by atoms with E-state index in [0.717, 1.165) is 5.69 Å². The van der Waals surface area contributed by atoms with Crippen LogP contribution in [0.5, 0.6) is 0 Å². The van der Waals surface area contributed by atoms with E-state index in [1.807, 2.05) is 25.1 Å². The number of aromatic nitrogens is 1. The first kappa shape index (κ1) is 13.4. The van der Waals surface area contributed by atoms with E-state index >= 15 is 0 Å². The highest BCUT2D eigenvalue weighted by atomic mass is 16.5. The van der Waals surface area contributed by atoms with Crippen LogP contribution in [-0.2, 0) is 9.53 Å². The van der Waals surface area contributed by atoms with Gasteiger partial charge in [0.25, 0.3) is 0 Å². The third-order valence-corrected chi connectivity index (χ3v) is 2.21. The van der Waals surface area contributed by atoms with Crippen LogP contribution in [0.3, 0.4) is 0 Å². The predicted molar refractivity (Wildman–Crippen MR) is 66.4 cm³/mol. The Bertz CT molecular complexity index is 363. The second kappa shape index (κ2) is 7.57. The Morgan fingerprint density at radius 2 is 2.41 bits per heavy atom. The lowest BCUT2D eigenvalue weighted by Gasteiger charge is -2.10. The molecule has 0 aliphatic heterocycles. The van der Waals surface area contributed by atoms with Crippen molar-refractivity contribution >= 4 is 5.97 Å². The minimum Gasteiger partial charge on any atom is -0.463 e. The van der Waals surface area contributed by atoms with Crippen molar-refractivity contribution in [2.24, 2.45) is 0 Å². The summed E-state index contributed by atoms with van der Waals surface area (Å²) in [7, 11) is 0. The summed E-state index contributed by atoms with van der Waals surface area (Å²) in [5.74, 6) is -0.306. The van der Waals surface area contributed by atoms with Crippen LogP contribution in [0.1, 0.15) is 25.6 Å². The van der Waals surface area contributed by atoms with Crippen molar-refractivity contribution < 1.29 is 9.53 Å². The summed E-state index contributed by atoms with van der Waals surface area (Å²) in [5, 5.41) is 3.24. The van der Waals surface area contributed by atoms with E-state index in [9.17, 15) is 4.79 Å². The SMILES string of the molecule is CCOC(=O)/C=C/CN[C@@H](C)c1ccccn1. The quantitative estimate of drug-likeness (QED) is 0.603. The molecule has 0 aliphatic rings. The van der Waals surface area contributed by atoms with Crippen LogP contribution in [0.4, 0.5) is 0 Å². The Morgan fingerprint density at radius 3 is 3.06 bits per heavy atom. The molecule has 1 atom stereocenters. The molecule has 4 heteroatoms. The van der Waals surface area contributed by atoms with Gasteiger partial charge in [-0.2, -0.15) is 0 Å². The second-order valence-corrected chi connectivity index (χ2v) is 3.54. The van der Waals surface area contributed by atoms with Crippen LogP contribution >= 0.6 is 0 Å². The number of rotatable bonds is 6. The van der Waals surface area contributed by atoms with Crippen LogP contribution < -0.4 is 5.32 Å². The molecule has 0 unspecified atom stereocenters. The molecule has 0 aromatic carbocycles. The molecule has 1 N–H and O–H groups in total. The smallest absolute Gasteiger partial charge is 0.330 e. The van der Waals surface area contributed by atoms with Crippen LogP contribution in [0, 0.1) is 0 Å². The van der Waals surface area contributed by atoms with Gasteiger partial charge in [-0.3, -0.25) is 4.98 Å². The van der Waals surface area contributed by atoms with Gasteiger partial charge in [0.15, 0.2) is 0 Å². The zero-order valence-electron chi connectivity index (χ0n) is 10.2. The van der Waals surface area contributed by atoms with Gasteiger partial charge in [0, 0.05) is 24.9 Å².